The Balaban J connectivity index is 2.21. The summed E-state index contributed by atoms with van der Waals surface area (Å²) >= 11 is 3.04. The highest BCUT2D eigenvalue weighted by molar-refractivity contribution is 9.10. The van der Waals surface area contributed by atoms with Crippen molar-refractivity contribution in [3.05, 3.63) is 40.1 Å². The molecule has 1 heterocycles. The van der Waals surface area contributed by atoms with Crippen LogP contribution < -0.4 is 5.32 Å². The van der Waals surface area contributed by atoms with Crippen molar-refractivity contribution in [3.8, 4) is 0 Å². The predicted octanol–water partition coefficient (Wildman–Crippen LogP) is 4.01. The van der Waals surface area contributed by atoms with Crippen molar-refractivity contribution in [2.75, 3.05) is 19.0 Å². The predicted molar refractivity (Wildman–Crippen MR) is 80.8 cm³/mol. The summed E-state index contributed by atoms with van der Waals surface area (Å²) in [6.07, 6.45) is 2.69. The molecule has 21 heavy (non-hydrogen) atoms. The number of rotatable bonds is 6. The summed E-state index contributed by atoms with van der Waals surface area (Å²) in [4.78, 5) is 4.31. The second-order valence-electron chi connectivity index (χ2n) is 4.62. The number of nitrogens with zero attached hydrogens (tertiary/aromatic N) is 2. The van der Waals surface area contributed by atoms with Gasteiger partial charge in [-0.25, -0.2) is 13.8 Å². The maximum Gasteiger partial charge on any atom is 0.207 e. The molecule has 0 amide bonds. The van der Waals surface area contributed by atoms with E-state index in [9.17, 15) is 8.78 Å². The van der Waals surface area contributed by atoms with Gasteiger partial charge in [-0.15, -0.1) is 0 Å². The molecule has 0 fully saturated rings. The minimum atomic E-state index is -0.667. The Bertz CT molecular complexity index is 631. The Hall–Kier alpha value is -1.47. The summed E-state index contributed by atoms with van der Waals surface area (Å²) in [5.41, 5.74) is 0.985. The fraction of sp³-hybridized carbons (Fsp3) is 0.357. The summed E-state index contributed by atoms with van der Waals surface area (Å²) in [5.74, 6) is -0.793. The number of anilines is 2. The number of aromatic nitrogens is 2. The lowest BCUT2D eigenvalue weighted by atomic mass is 10.3. The normalized spacial score (nSPS) is 10.9. The third kappa shape index (κ3) is 4.01. The minimum Gasteiger partial charge on any atom is -0.385 e. The Morgan fingerprint density at radius 1 is 1.33 bits per heavy atom. The van der Waals surface area contributed by atoms with Crippen molar-refractivity contribution in [1.29, 1.82) is 0 Å². The summed E-state index contributed by atoms with van der Waals surface area (Å²) < 4.78 is 34.1. The molecule has 4 nitrogen and oxygen atoms in total. The van der Waals surface area contributed by atoms with E-state index in [0.717, 1.165) is 18.2 Å². The number of methoxy groups -OCH3 is 1. The Morgan fingerprint density at radius 2 is 2.10 bits per heavy atom. The average Bonchev–Trinajstić information content (AvgIpc) is 2.76. The lowest BCUT2D eigenvalue weighted by Crippen LogP contribution is -2.06. The molecule has 7 heteroatoms. The van der Waals surface area contributed by atoms with Crippen LogP contribution in [0.15, 0.2) is 22.8 Å². The Morgan fingerprint density at radius 3 is 2.81 bits per heavy atom. The lowest BCUT2D eigenvalue weighted by molar-refractivity contribution is 0.190. The van der Waals surface area contributed by atoms with Crippen LogP contribution in [-0.4, -0.2) is 23.3 Å². The summed E-state index contributed by atoms with van der Waals surface area (Å²) in [5, 5.41) is 2.90. The van der Waals surface area contributed by atoms with Gasteiger partial charge >= 0.3 is 0 Å². The zero-order valence-electron chi connectivity index (χ0n) is 11.8. The standard InChI is InChI=1S/C14H16BrF2N3O/c1-9-8-20(4-3-5-21-2)14(18-9)19-13-6-10(15)11(16)7-12(13)17/h6-8H,3-5H2,1-2H3,(H,18,19). The van der Waals surface area contributed by atoms with Gasteiger partial charge in [-0.1, -0.05) is 0 Å². The molecule has 0 atom stereocenters. The van der Waals surface area contributed by atoms with E-state index in [1.807, 2.05) is 17.7 Å². The van der Waals surface area contributed by atoms with Crippen molar-refractivity contribution in [2.45, 2.75) is 19.9 Å². The molecular formula is C14H16BrF2N3O. The summed E-state index contributed by atoms with van der Waals surface area (Å²) in [6, 6.07) is 2.19. The molecule has 2 rings (SSSR count). The number of halogens is 3. The SMILES string of the molecule is COCCCn1cc(C)nc1Nc1cc(Br)c(F)cc1F. The number of hydrogen-bond donors (Lipinski definition) is 1. The molecule has 0 saturated carbocycles. The van der Waals surface area contributed by atoms with E-state index >= 15 is 0 Å². The van der Waals surface area contributed by atoms with Gasteiger partial charge in [0.05, 0.1) is 15.9 Å². The van der Waals surface area contributed by atoms with Gasteiger partial charge in [0, 0.05) is 32.5 Å². The van der Waals surface area contributed by atoms with Gasteiger partial charge in [0.2, 0.25) is 5.95 Å². The van der Waals surface area contributed by atoms with E-state index < -0.39 is 11.6 Å². The van der Waals surface area contributed by atoms with Gasteiger partial charge < -0.3 is 14.6 Å². The first-order valence-corrected chi connectivity index (χ1v) is 7.25. The van der Waals surface area contributed by atoms with Crippen LogP contribution in [0.25, 0.3) is 0 Å². The highest BCUT2D eigenvalue weighted by Gasteiger charge is 2.12. The zero-order valence-corrected chi connectivity index (χ0v) is 13.4. The maximum absolute atomic E-state index is 13.8. The number of aryl methyl sites for hydroxylation is 2. The van der Waals surface area contributed by atoms with Gasteiger partial charge in [-0.3, -0.25) is 0 Å². The minimum absolute atomic E-state index is 0.168. The van der Waals surface area contributed by atoms with Crippen LogP contribution in [0.2, 0.25) is 0 Å². The number of ether oxygens (including phenoxy) is 1. The van der Waals surface area contributed by atoms with Crippen molar-refractivity contribution >= 4 is 27.6 Å². The van der Waals surface area contributed by atoms with Crippen molar-refractivity contribution in [3.63, 3.8) is 0 Å². The molecule has 0 aliphatic heterocycles. The van der Waals surface area contributed by atoms with Crippen LogP contribution in [-0.2, 0) is 11.3 Å². The molecule has 0 saturated heterocycles. The van der Waals surface area contributed by atoms with Crippen LogP contribution in [0.3, 0.4) is 0 Å². The highest BCUT2D eigenvalue weighted by Crippen LogP contribution is 2.26. The van der Waals surface area contributed by atoms with Crippen molar-refractivity contribution < 1.29 is 13.5 Å². The van der Waals surface area contributed by atoms with Crippen LogP contribution in [0.1, 0.15) is 12.1 Å². The quantitative estimate of drug-likeness (QED) is 0.625. The largest absolute Gasteiger partial charge is 0.385 e. The van der Waals surface area contributed by atoms with Crippen LogP contribution in [0.5, 0.6) is 0 Å². The van der Waals surface area contributed by atoms with Gasteiger partial charge in [0.1, 0.15) is 11.6 Å². The smallest absolute Gasteiger partial charge is 0.207 e. The van der Waals surface area contributed by atoms with Crippen LogP contribution >= 0.6 is 15.9 Å². The average molecular weight is 360 g/mol. The van der Waals surface area contributed by atoms with Gasteiger partial charge in [-0.2, -0.15) is 0 Å². The van der Waals surface area contributed by atoms with E-state index in [4.69, 9.17) is 4.74 Å². The van der Waals surface area contributed by atoms with E-state index in [0.29, 0.717) is 19.1 Å². The highest BCUT2D eigenvalue weighted by atomic mass is 79.9. The topological polar surface area (TPSA) is 39.1 Å². The fourth-order valence-corrected chi connectivity index (χ4v) is 2.28. The number of imidazole rings is 1. The molecule has 114 valence electrons. The molecule has 1 N–H and O–H groups in total. The number of hydrogen-bond acceptors (Lipinski definition) is 3. The second kappa shape index (κ2) is 7.00. The molecule has 0 spiro atoms. The lowest BCUT2D eigenvalue weighted by Gasteiger charge is -2.11. The van der Waals surface area contributed by atoms with Gasteiger partial charge in [0.15, 0.2) is 0 Å². The monoisotopic (exact) mass is 359 g/mol. The van der Waals surface area contributed by atoms with E-state index in [2.05, 4.69) is 26.2 Å². The van der Waals surface area contributed by atoms with Gasteiger partial charge in [-0.05, 0) is 35.3 Å². The first-order chi connectivity index (χ1) is 10.0. The molecule has 0 aliphatic rings. The van der Waals surface area contributed by atoms with E-state index in [1.165, 1.54) is 6.07 Å². The van der Waals surface area contributed by atoms with Crippen LogP contribution in [0, 0.1) is 18.6 Å². The molecular weight excluding hydrogens is 344 g/mol. The zero-order chi connectivity index (χ0) is 15.4. The molecule has 0 radical (unpaired) electrons. The van der Waals surface area contributed by atoms with Crippen molar-refractivity contribution in [2.24, 2.45) is 0 Å². The molecule has 2 aromatic rings. The molecule has 1 aromatic carbocycles. The fourth-order valence-electron chi connectivity index (χ4n) is 1.94. The summed E-state index contributed by atoms with van der Waals surface area (Å²) in [7, 11) is 1.64. The second-order valence-corrected chi connectivity index (χ2v) is 5.47. The molecule has 0 bridgehead atoms. The first kappa shape index (κ1) is 15.9. The number of nitrogens with one attached hydrogen (secondary N) is 1. The third-order valence-electron chi connectivity index (χ3n) is 2.90. The van der Waals surface area contributed by atoms with Crippen LogP contribution in [0.4, 0.5) is 20.4 Å². The third-order valence-corrected chi connectivity index (χ3v) is 3.51. The Kier molecular flexibility index (Phi) is 5.30. The summed E-state index contributed by atoms with van der Waals surface area (Å²) in [6.45, 7) is 3.18. The Labute approximate surface area is 130 Å². The van der Waals surface area contributed by atoms with E-state index in [-0.39, 0.29) is 10.2 Å². The first-order valence-electron chi connectivity index (χ1n) is 6.45. The molecule has 1 aromatic heterocycles. The van der Waals surface area contributed by atoms with E-state index in [1.54, 1.807) is 7.11 Å². The van der Waals surface area contributed by atoms with Gasteiger partial charge in [0.25, 0.3) is 0 Å². The van der Waals surface area contributed by atoms with Crippen molar-refractivity contribution in [1.82, 2.24) is 9.55 Å². The molecule has 0 unspecified atom stereocenters. The maximum atomic E-state index is 13.8. The number of benzene rings is 1. The molecule has 0 aliphatic carbocycles.